The van der Waals surface area contributed by atoms with Crippen LogP contribution in [0.25, 0.3) is 0 Å². The lowest BCUT2D eigenvalue weighted by Crippen LogP contribution is -2.22. The third-order valence-electron chi connectivity index (χ3n) is 2.21. The van der Waals surface area contributed by atoms with Gasteiger partial charge in [0.2, 0.25) is 0 Å². The standard InChI is InChI=1S/C9H14F3N3/c1-3-8(5-13-2)15-6-7(4-14-15)9(10,11)12/h4,6,8,13H,3,5H2,1-2H3. The van der Waals surface area contributed by atoms with E-state index < -0.39 is 11.7 Å². The van der Waals surface area contributed by atoms with E-state index in [1.54, 1.807) is 7.05 Å². The molecule has 6 heteroatoms. The predicted octanol–water partition coefficient (Wildman–Crippen LogP) is 2.07. The first-order chi connectivity index (χ1) is 6.99. The second kappa shape index (κ2) is 4.65. The molecule has 1 aromatic heterocycles. The summed E-state index contributed by atoms with van der Waals surface area (Å²) in [6.45, 7) is 2.52. The zero-order valence-corrected chi connectivity index (χ0v) is 8.67. The third-order valence-corrected chi connectivity index (χ3v) is 2.21. The fraction of sp³-hybridized carbons (Fsp3) is 0.667. The highest BCUT2D eigenvalue weighted by Crippen LogP contribution is 2.29. The topological polar surface area (TPSA) is 29.9 Å². The molecule has 0 radical (unpaired) electrons. The fourth-order valence-electron chi connectivity index (χ4n) is 1.34. The fourth-order valence-corrected chi connectivity index (χ4v) is 1.34. The molecular weight excluding hydrogens is 207 g/mol. The first-order valence-corrected chi connectivity index (χ1v) is 4.75. The molecule has 0 aliphatic rings. The highest BCUT2D eigenvalue weighted by molar-refractivity contribution is 5.08. The summed E-state index contributed by atoms with van der Waals surface area (Å²) in [6.07, 6.45) is -1.67. The highest BCUT2D eigenvalue weighted by atomic mass is 19.4. The second-order valence-corrected chi connectivity index (χ2v) is 3.33. The van der Waals surface area contributed by atoms with Crippen LogP contribution >= 0.6 is 0 Å². The Morgan fingerprint density at radius 3 is 2.60 bits per heavy atom. The second-order valence-electron chi connectivity index (χ2n) is 3.33. The molecule has 0 aromatic carbocycles. The van der Waals surface area contributed by atoms with Crippen LogP contribution in [0.5, 0.6) is 0 Å². The van der Waals surface area contributed by atoms with Crippen LogP contribution in [-0.4, -0.2) is 23.4 Å². The maximum absolute atomic E-state index is 12.3. The minimum Gasteiger partial charge on any atom is -0.318 e. The lowest BCUT2D eigenvalue weighted by molar-refractivity contribution is -0.137. The van der Waals surface area contributed by atoms with Crippen molar-refractivity contribution in [1.29, 1.82) is 0 Å². The molecule has 0 bridgehead atoms. The molecule has 0 saturated heterocycles. The van der Waals surface area contributed by atoms with E-state index in [0.717, 1.165) is 18.8 Å². The largest absolute Gasteiger partial charge is 0.419 e. The molecule has 0 aliphatic heterocycles. The quantitative estimate of drug-likeness (QED) is 0.843. The Morgan fingerprint density at radius 1 is 1.53 bits per heavy atom. The van der Waals surface area contributed by atoms with Gasteiger partial charge in [-0.05, 0) is 13.5 Å². The zero-order valence-electron chi connectivity index (χ0n) is 8.67. The lowest BCUT2D eigenvalue weighted by atomic mass is 10.2. The van der Waals surface area contributed by atoms with Crippen molar-refractivity contribution < 1.29 is 13.2 Å². The van der Waals surface area contributed by atoms with E-state index in [-0.39, 0.29) is 6.04 Å². The first-order valence-electron chi connectivity index (χ1n) is 4.75. The third kappa shape index (κ3) is 2.95. The van der Waals surface area contributed by atoms with E-state index in [1.807, 2.05) is 6.92 Å². The number of hydrogen-bond acceptors (Lipinski definition) is 2. The van der Waals surface area contributed by atoms with Gasteiger partial charge in [-0.2, -0.15) is 18.3 Å². The molecule has 0 amide bonds. The van der Waals surface area contributed by atoms with Crippen LogP contribution in [0.2, 0.25) is 0 Å². The molecular formula is C9H14F3N3. The minimum atomic E-state index is -4.31. The van der Waals surface area contributed by atoms with Gasteiger partial charge in [0.15, 0.2) is 0 Å². The normalized spacial score (nSPS) is 14.2. The number of rotatable bonds is 4. The number of likely N-dealkylation sites (N-methyl/N-ethyl adjacent to an activating group) is 1. The number of nitrogens with one attached hydrogen (secondary N) is 1. The molecule has 1 atom stereocenters. The maximum Gasteiger partial charge on any atom is 0.419 e. The molecule has 0 fully saturated rings. The van der Waals surface area contributed by atoms with Crippen LogP contribution in [0.3, 0.4) is 0 Å². The van der Waals surface area contributed by atoms with Crippen LogP contribution in [0.15, 0.2) is 12.4 Å². The Kier molecular flexibility index (Phi) is 3.73. The average Bonchev–Trinajstić information content (AvgIpc) is 2.62. The molecule has 1 unspecified atom stereocenters. The molecule has 0 saturated carbocycles. The van der Waals surface area contributed by atoms with Crippen molar-refractivity contribution in [2.45, 2.75) is 25.6 Å². The number of nitrogens with zero attached hydrogens (tertiary/aromatic N) is 2. The van der Waals surface area contributed by atoms with Gasteiger partial charge in [-0.3, -0.25) is 4.68 Å². The first kappa shape index (κ1) is 12.0. The van der Waals surface area contributed by atoms with Crippen molar-refractivity contribution in [3.05, 3.63) is 18.0 Å². The van der Waals surface area contributed by atoms with Crippen LogP contribution in [0, 0.1) is 0 Å². The summed E-state index contributed by atoms with van der Waals surface area (Å²) in [6, 6.07) is -0.0360. The number of alkyl halides is 3. The Hall–Kier alpha value is -1.04. The van der Waals surface area contributed by atoms with E-state index >= 15 is 0 Å². The van der Waals surface area contributed by atoms with Crippen molar-refractivity contribution in [2.24, 2.45) is 0 Å². The SMILES string of the molecule is CCC(CNC)n1cc(C(F)(F)F)cn1. The monoisotopic (exact) mass is 221 g/mol. The summed E-state index contributed by atoms with van der Waals surface area (Å²) in [5.74, 6) is 0. The van der Waals surface area contributed by atoms with Crippen LogP contribution in [0.4, 0.5) is 13.2 Å². The molecule has 15 heavy (non-hydrogen) atoms. The Bertz CT molecular complexity index is 306. The Morgan fingerprint density at radius 2 is 2.20 bits per heavy atom. The molecule has 86 valence electrons. The predicted molar refractivity (Wildman–Crippen MR) is 50.5 cm³/mol. The van der Waals surface area contributed by atoms with Gasteiger partial charge in [-0.1, -0.05) is 6.92 Å². The van der Waals surface area contributed by atoms with Gasteiger partial charge in [0.1, 0.15) is 0 Å². The van der Waals surface area contributed by atoms with Gasteiger partial charge in [-0.25, -0.2) is 0 Å². The highest BCUT2D eigenvalue weighted by Gasteiger charge is 2.32. The van der Waals surface area contributed by atoms with Gasteiger partial charge in [0.05, 0.1) is 17.8 Å². The number of hydrogen-bond donors (Lipinski definition) is 1. The van der Waals surface area contributed by atoms with Crippen molar-refractivity contribution >= 4 is 0 Å². The molecule has 1 heterocycles. The zero-order chi connectivity index (χ0) is 11.5. The molecule has 1 N–H and O–H groups in total. The van der Waals surface area contributed by atoms with Gasteiger partial charge in [0.25, 0.3) is 0 Å². The van der Waals surface area contributed by atoms with Crippen LogP contribution in [-0.2, 0) is 6.18 Å². The van der Waals surface area contributed by atoms with E-state index in [1.165, 1.54) is 4.68 Å². The van der Waals surface area contributed by atoms with Gasteiger partial charge in [0, 0.05) is 12.7 Å². The van der Waals surface area contributed by atoms with E-state index in [9.17, 15) is 13.2 Å². The smallest absolute Gasteiger partial charge is 0.318 e. The minimum absolute atomic E-state index is 0.0360. The molecule has 1 aromatic rings. The van der Waals surface area contributed by atoms with Gasteiger partial charge in [-0.15, -0.1) is 0 Å². The molecule has 0 spiro atoms. The van der Waals surface area contributed by atoms with E-state index in [2.05, 4.69) is 10.4 Å². The average molecular weight is 221 g/mol. The summed E-state index contributed by atoms with van der Waals surface area (Å²) >= 11 is 0. The summed E-state index contributed by atoms with van der Waals surface area (Å²) < 4.78 is 38.2. The van der Waals surface area contributed by atoms with Crippen molar-refractivity contribution in [3.63, 3.8) is 0 Å². The van der Waals surface area contributed by atoms with E-state index in [4.69, 9.17) is 0 Å². The molecule has 1 rings (SSSR count). The number of aromatic nitrogens is 2. The van der Waals surface area contributed by atoms with Gasteiger partial charge >= 0.3 is 6.18 Å². The summed E-state index contributed by atoms with van der Waals surface area (Å²) in [7, 11) is 1.76. The van der Waals surface area contributed by atoms with Crippen molar-refractivity contribution in [1.82, 2.24) is 15.1 Å². The van der Waals surface area contributed by atoms with Crippen molar-refractivity contribution in [2.75, 3.05) is 13.6 Å². The summed E-state index contributed by atoms with van der Waals surface area (Å²) in [4.78, 5) is 0. The van der Waals surface area contributed by atoms with Crippen molar-refractivity contribution in [3.8, 4) is 0 Å². The molecule has 3 nitrogen and oxygen atoms in total. The Balaban J connectivity index is 2.82. The van der Waals surface area contributed by atoms with Crippen LogP contribution in [0.1, 0.15) is 24.9 Å². The van der Waals surface area contributed by atoms with E-state index in [0.29, 0.717) is 6.54 Å². The Labute approximate surface area is 86.3 Å². The van der Waals surface area contributed by atoms with Crippen LogP contribution < -0.4 is 5.32 Å². The lowest BCUT2D eigenvalue weighted by Gasteiger charge is -2.14. The maximum atomic E-state index is 12.3. The molecule has 0 aliphatic carbocycles. The summed E-state index contributed by atoms with van der Waals surface area (Å²) in [5.41, 5.74) is -0.697. The number of halogens is 3. The van der Waals surface area contributed by atoms with Gasteiger partial charge < -0.3 is 5.32 Å². The summed E-state index contributed by atoms with van der Waals surface area (Å²) in [5, 5.41) is 6.65.